The van der Waals surface area contributed by atoms with Crippen molar-refractivity contribution in [3.8, 4) is 0 Å². The van der Waals surface area contributed by atoms with Crippen molar-refractivity contribution in [2.75, 3.05) is 11.4 Å². The first-order valence-electron chi connectivity index (χ1n) is 7.36. The van der Waals surface area contributed by atoms with Gasteiger partial charge in [-0.15, -0.1) is 0 Å². The zero-order valence-electron chi connectivity index (χ0n) is 12.5. The van der Waals surface area contributed by atoms with Crippen LogP contribution in [0.15, 0.2) is 22.6 Å². The van der Waals surface area contributed by atoms with E-state index in [4.69, 9.17) is 9.52 Å². The molecule has 0 radical (unpaired) electrons. The highest BCUT2D eigenvalue weighted by atomic mass is 16.4. The second-order valence-electron chi connectivity index (χ2n) is 6.20. The van der Waals surface area contributed by atoms with Crippen LogP contribution < -0.4 is 4.90 Å². The van der Waals surface area contributed by atoms with Crippen LogP contribution in [0.25, 0.3) is 11.1 Å². The smallest absolute Gasteiger partial charge is 0.335 e. The largest absolute Gasteiger partial charge is 0.478 e. The highest BCUT2D eigenvalue weighted by Gasteiger charge is 2.31. The van der Waals surface area contributed by atoms with Gasteiger partial charge in [-0.2, -0.15) is 4.98 Å². The van der Waals surface area contributed by atoms with Crippen LogP contribution >= 0.6 is 0 Å². The first-order valence-corrected chi connectivity index (χ1v) is 7.36. The molecule has 1 aromatic heterocycles. The summed E-state index contributed by atoms with van der Waals surface area (Å²) in [6, 6.07) is 5.76. The number of aromatic nitrogens is 1. The second-order valence-corrected chi connectivity index (χ2v) is 6.20. The minimum atomic E-state index is -0.955. The van der Waals surface area contributed by atoms with Crippen molar-refractivity contribution < 1.29 is 14.3 Å². The zero-order valence-corrected chi connectivity index (χ0v) is 12.5. The Hall–Kier alpha value is -2.04. The molecule has 5 heteroatoms. The van der Waals surface area contributed by atoms with Gasteiger partial charge in [0.15, 0.2) is 5.58 Å². The Morgan fingerprint density at radius 1 is 1.38 bits per heavy atom. The molecular formula is C16H20N2O3. The predicted octanol–water partition coefficient (Wildman–Crippen LogP) is 3.40. The van der Waals surface area contributed by atoms with E-state index >= 15 is 0 Å². The van der Waals surface area contributed by atoms with E-state index in [2.05, 4.69) is 30.7 Å². The van der Waals surface area contributed by atoms with Gasteiger partial charge in [0.25, 0.3) is 6.01 Å². The van der Waals surface area contributed by atoms with Gasteiger partial charge in [0.1, 0.15) is 5.52 Å². The van der Waals surface area contributed by atoms with Crippen LogP contribution in [0.5, 0.6) is 0 Å². The Balaban J connectivity index is 1.98. The fourth-order valence-corrected chi connectivity index (χ4v) is 3.14. The normalized spacial score (nSPS) is 26.2. The summed E-state index contributed by atoms with van der Waals surface area (Å²) in [6.07, 6.45) is 1.21. The highest BCUT2D eigenvalue weighted by Crippen LogP contribution is 2.32. The van der Waals surface area contributed by atoms with Gasteiger partial charge in [-0.05, 0) is 43.4 Å². The van der Waals surface area contributed by atoms with Crippen LogP contribution in [0, 0.1) is 11.8 Å². The van der Waals surface area contributed by atoms with Crippen molar-refractivity contribution in [1.29, 1.82) is 0 Å². The van der Waals surface area contributed by atoms with E-state index in [0.29, 0.717) is 35.0 Å². The molecule has 2 heterocycles. The van der Waals surface area contributed by atoms with E-state index in [1.807, 2.05) is 0 Å². The number of oxazole rings is 1. The third-order valence-corrected chi connectivity index (χ3v) is 4.47. The van der Waals surface area contributed by atoms with Crippen molar-refractivity contribution in [1.82, 2.24) is 4.98 Å². The van der Waals surface area contributed by atoms with Gasteiger partial charge in [0.2, 0.25) is 0 Å². The van der Waals surface area contributed by atoms with E-state index < -0.39 is 5.97 Å². The maximum Gasteiger partial charge on any atom is 0.335 e. The summed E-state index contributed by atoms with van der Waals surface area (Å²) in [4.78, 5) is 17.7. The molecule has 3 unspecified atom stereocenters. The Morgan fingerprint density at radius 2 is 2.14 bits per heavy atom. The molecule has 0 amide bonds. The summed E-state index contributed by atoms with van der Waals surface area (Å²) in [6.45, 7) is 7.59. The van der Waals surface area contributed by atoms with E-state index in [-0.39, 0.29) is 5.56 Å². The van der Waals surface area contributed by atoms with E-state index in [9.17, 15) is 4.79 Å². The standard InChI is InChI=1S/C16H20N2O3/c1-9-6-10(2)11(3)18(8-9)16-17-13-5-4-12(15(19)20)7-14(13)21-16/h4-5,7,9-11H,6,8H2,1-3H3,(H,19,20). The molecule has 21 heavy (non-hydrogen) atoms. The first-order chi connectivity index (χ1) is 9.95. The van der Waals surface area contributed by atoms with Crippen LogP contribution in [-0.4, -0.2) is 28.6 Å². The summed E-state index contributed by atoms with van der Waals surface area (Å²) in [5, 5.41) is 9.04. The average Bonchev–Trinajstić information content (AvgIpc) is 2.85. The summed E-state index contributed by atoms with van der Waals surface area (Å²) in [5.74, 6) is 0.225. The van der Waals surface area contributed by atoms with Gasteiger partial charge in [-0.1, -0.05) is 13.8 Å². The van der Waals surface area contributed by atoms with Crippen LogP contribution in [0.1, 0.15) is 37.6 Å². The molecule has 0 aliphatic carbocycles. The van der Waals surface area contributed by atoms with Gasteiger partial charge in [-0.25, -0.2) is 4.79 Å². The number of fused-ring (bicyclic) bond motifs is 1. The van der Waals surface area contributed by atoms with E-state index in [0.717, 1.165) is 6.54 Å². The fourth-order valence-electron chi connectivity index (χ4n) is 3.14. The lowest BCUT2D eigenvalue weighted by atomic mass is 9.86. The Morgan fingerprint density at radius 3 is 2.86 bits per heavy atom. The van der Waals surface area contributed by atoms with Gasteiger partial charge in [0.05, 0.1) is 5.56 Å². The maximum absolute atomic E-state index is 11.0. The number of aromatic carboxylic acids is 1. The molecule has 0 bridgehead atoms. The molecule has 3 rings (SSSR count). The molecule has 2 aromatic rings. The average molecular weight is 288 g/mol. The van der Waals surface area contributed by atoms with Crippen molar-refractivity contribution in [3.05, 3.63) is 23.8 Å². The lowest BCUT2D eigenvalue weighted by Crippen LogP contribution is -2.46. The van der Waals surface area contributed by atoms with Crippen molar-refractivity contribution in [2.24, 2.45) is 11.8 Å². The van der Waals surface area contributed by atoms with Gasteiger partial charge >= 0.3 is 5.97 Å². The number of hydrogen-bond donors (Lipinski definition) is 1. The third kappa shape index (κ3) is 2.48. The maximum atomic E-state index is 11.0. The summed E-state index contributed by atoms with van der Waals surface area (Å²) in [7, 11) is 0. The molecule has 1 aromatic carbocycles. The molecule has 3 atom stereocenters. The lowest BCUT2D eigenvalue weighted by molar-refractivity contribution is 0.0697. The fraction of sp³-hybridized carbons (Fsp3) is 0.500. The van der Waals surface area contributed by atoms with Crippen molar-refractivity contribution in [2.45, 2.75) is 33.2 Å². The number of carboxylic acids is 1. The lowest BCUT2D eigenvalue weighted by Gasteiger charge is -2.40. The van der Waals surface area contributed by atoms with Crippen molar-refractivity contribution >= 4 is 23.1 Å². The minimum absolute atomic E-state index is 0.221. The zero-order chi connectivity index (χ0) is 15.1. The third-order valence-electron chi connectivity index (χ3n) is 4.47. The predicted molar refractivity (Wildman–Crippen MR) is 80.7 cm³/mol. The Labute approximate surface area is 123 Å². The molecule has 112 valence electrons. The minimum Gasteiger partial charge on any atom is -0.478 e. The summed E-state index contributed by atoms with van der Waals surface area (Å²) >= 11 is 0. The number of anilines is 1. The Kier molecular flexibility index (Phi) is 3.35. The SMILES string of the molecule is CC1CC(C)C(C)N(c2nc3ccc(C(=O)O)cc3o2)C1. The van der Waals surface area contributed by atoms with E-state index in [1.165, 1.54) is 12.5 Å². The quantitative estimate of drug-likeness (QED) is 0.917. The summed E-state index contributed by atoms with van der Waals surface area (Å²) < 4.78 is 5.82. The molecule has 1 N–H and O–H groups in total. The monoisotopic (exact) mass is 288 g/mol. The number of nitrogens with zero attached hydrogens (tertiary/aromatic N) is 2. The van der Waals surface area contributed by atoms with E-state index in [1.54, 1.807) is 12.1 Å². The van der Waals surface area contributed by atoms with Crippen LogP contribution in [0.2, 0.25) is 0 Å². The van der Waals surface area contributed by atoms with Crippen molar-refractivity contribution in [3.63, 3.8) is 0 Å². The number of carboxylic acid groups (broad SMARTS) is 1. The van der Waals surface area contributed by atoms with Gasteiger partial charge < -0.3 is 14.4 Å². The Bertz CT molecular complexity index is 679. The molecule has 0 spiro atoms. The molecule has 5 nitrogen and oxygen atoms in total. The molecular weight excluding hydrogens is 268 g/mol. The highest BCUT2D eigenvalue weighted by molar-refractivity contribution is 5.92. The van der Waals surface area contributed by atoms with Crippen LogP contribution in [0.3, 0.4) is 0 Å². The summed E-state index contributed by atoms with van der Waals surface area (Å²) in [5.41, 5.74) is 1.45. The molecule has 1 saturated heterocycles. The molecule has 1 aliphatic heterocycles. The van der Waals surface area contributed by atoms with Gasteiger partial charge in [0, 0.05) is 12.6 Å². The number of hydrogen-bond acceptors (Lipinski definition) is 4. The second kappa shape index (κ2) is 5.06. The van der Waals surface area contributed by atoms with Gasteiger partial charge in [-0.3, -0.25) is 0 Å². The molecule has 1 fully saturated rings. The van der Waals surface area contributed by atoms with Crippen LogP contribution in [0.4, 0.5) is 6.01 Å². The number of benzene rings is 1. The number of carbonyl (C=O) groups is 1. The van der Waals surface area contributed by atoms with Crippen LogP contribution in [-0.2, 0) is 0 Å². The molecule has 0 saturated carbocycles. The first kappa shape index (κ1) is 13.9. The molecule has 1 aliphatic rings. The topological polar surface area (TPSA) is 66.6 Å². The number of rotatable bonds is 2. The number of piperidine rings is 1.